The standard InChI is InChI=1S/C13H21NS/c1-3-12-6-7-13(15-12)9-10-4-5-11(8-10)14-2/h6-7,10-11,14H,3-5,8-9H2,1-2H3. The van der Waals surface area contributed by atoms with Gasteiger partial charge in [0.15, 0.2) is 0 Å². The molecular weight excluding hydrogens is 202 g/mol. The van der Waals surface area contributed by atoms with Gasteiger partial charge in [-0.1, -0.05) is 6.92 Å². The Morgan fingerprint density at radius 2 is 2.13 bits per heavy atom. The number of aryl methyl sites for hydroxylation is 1. The molecule has 1 N–H and O–H groups in total. The van der Waals surface area contributed by atoms with Gasteiger partial charge in [-0.15, -0.1) is 11.3 Å². The molecule has 2 heteroatoms. The molecule has 1 aliphatic carbocycles. The topological polar surface area (TPSA) is 12.0 Å². The fourth-order valence-corrected chi connectivity index (χ4v) is 3.60. The summed E-state index contributed by atoms with van der Waals surface area (Å²) < 4.78 is 0. The molecule has 2 unspecified atom stereocenters. The summed E-state index contributed by atoms with van der Waals surface area (Å²) in [4.78, 5) is 3.13. The Morgan fingerprint density at radius 3 is 2.73 bits per heavy atom. The smallest absolute Gasteiger partial charge is 0.00669 e. The second-order valence-electron chi connectivity index (χ2n) is 4.59. The molecule has 0 bridgehead atoms. The van der Waals surface area contributed by atoms with Crippen molar-refractivity contribution in [3.05, 3.63) is 21.9 Å². The highest BCUT2D eigenvalue weighted by Crippen LogP contribution is 2.30. The first-order chi connectivity index (χ1) is 7.31. The van der Waals surface area contributed by atoms with Gasteiger partial charge < -0.3 is 5.32 Å². The summed E-state index contributed by atoms with van der Waals surface area (Å²) in [5.74, 6) is 0.922. The predicted octanol–water partition coefficient (Wildman–Crippen LogP) is 3.24. The number of hydrogen-bond acceptors (Lipinski definition) is 2. The van der Waals surface area contributed by atoms with E-state index in [1.165, 1.54) is 37.0 Å². The van der Waals surface area contributed by atoms with Crippen LogP contribution in [0.2, 0.25) is 0 Å². The summed E-state index contributed by atoms with van der Waals surface area (Å²) in [6.45, 7) is 2.24. The average molecular weight is 223 g/mol. The van der Waals surface area contributed by atoms with Crippen molar-refractivity contribution in [1.29, 1.82) is 0 Å². The van der Waals surface area contributed by atoms with E-state index in [4.69, 9.17) is 0 Å². The van der Waals surface area contributed by atoms with Gasteiger partial charge in [-0.25, -0.2) is 0 Å². The van der Waals surface area contributed by atoms with E-state index in [1.54, 1.807) is 4.88 Å². The van der Waals surface area contributed by atoms with Crippen molar-refractivity contribution in [2.45, 2.75) is 45.1 Å². The third-order valence-electron chi connectivity index (χ3n) is 3.51. The van der Waals surface area contributed by atoms with Crippen LogP contribution in [0, 0.1) is 5.92 Å². The third kappa shape index (κ3) is 2.82. The van der Waals surface area contributed by atoms with Gasteiger partial charge in [0.2, 0.25) is 0 Å². The van der Waals surface area contributed by atoms with Crippen molar-refractivity contribution in [2.24, 2.45) is 5.92 Å². The van der Waals surface area contributed by atoms with Crippen LogP contribution in [0.3, 0.4) is 0 Å². The van der Waals surface area contributed by atoms with E-state index in [0.29, 0.717) is 0 Å². The van der Waals surface area contributed by atoms with Gasteiger partial charge in [-0.2, -0.15) is 0 Å². The van der Waals surface area contributed by atoms with E-state index in [0.717, 1.165) is 12.0 Å². The number of hydrogen-bond donors (Lipinski definition) is 1. The van der Waals surface area contributed by atoms with E-state index in [1.807, 2.05) is 11.3 Å². The summed E-state index contributed by atoms with van der Waals surface area (Å²) in [6.07, 6.45) is 6.64. The Bertz CT molecular complexity index is 305. The molecule has 0 aromatic carbocycles. The van der Waals surface area contributed by atoms with E-state index in [2.05, 4.69) is 31.4 Å². The molecule has 0 amide bonds. The minimum Gasteiger partial charge on any atom is -0.317 e. The molecule has 1 nitrogen and oxygen atoms in total. The maximum atomic E-state index is 3.40. The maximum Gasteiger partial charge on any atom is 0.00669 e. The second-order valence-corrected chi connectivity index (χ2v) is 5.84. The van der Waals surface area contributed by atoms with Crippen molar-refractivity contribution < 1.29 is 0 Å². The largest absolute Gasteiger partial charge is 0.317 e. The van der Waals surface area contributed by atoms with Gasteiger partial charge in [-0.05, 0) is 57.2 Å². The van der Waals surface area contributed by atoms with Crippen LogP contribution >= 0.6 is 11.3 Å². The molecule has 1 heterocycles. The molecule has 2 atom stereocenters. The van der Waals surface area contributed by atoms with Crippen LogP contribution in [0.15, 0.2) is 12.1 Å². The lowest BCUT2D eigenvalue weighted by molar-refractivity contribution is 0.512. The first-order valence-electron chi connectivity index (χ1n) is 6.06. The van der Waals surface area contributed by atoms with Crippen molar-refractivity contribution in [3.63, 3.8) is 0 Å². The number of rotatable bonds is 4. The molecule has 1 saturated carbocycles. The summed E-state index contributed by atoms with van der Waals surface area (Å²) in [7, 11) is 2.09. The van der Waals surface area contributed by atoms with E-state index in [-0.39, 0.29) is 0 Å². The SMILES string of the molecule is CCc1ccc(CC2CCC(NC)C2)s1. The minimum atomic E-state index is 0.778. The van der Waals surface area contributed by atoms with Crippen molar-refractivity contribution in [1.82, 2.24) is 5.32 Å². The molecule has 1 fully saturated rings. The molecule has 0 radical (unpaired) electrons. The summed E-state index contributed by atoms with van der Waals surface area (Å²) >= 11 is 2.01. The molecule has 84 valence electrons. The average Bonchev–Trinajstić information content (AvgIpc) is 2.87. The highest BCUT2D eigenvalue weighted by atomic mass is 32.1. The van der Waals surface area contributed by atoms with Crippen LogP contribution in [0.1, 0.15) is 35.9 Å². The number of thiophene rings is 1. The zero-order valence-electron chi connectivity index (χ0n) is 9.75. The second kappa shape index (κ2) is 5.13. The molecule has 1 aromatic rings. The fraction of sp³-hybridized carbons (Fsp3) is 0.692. The van der Waals surface area contributed by atoms with Crippen LogP contribution in [-0.4, -0.2) is 13.1 Å². The van der Waals surface area contributed by atoms with E-state index in [9.17, 15) is 0 Å². The Labute approximate surface area is 96.9 Å². The monoisotopic (exact) mass is 223 g/mol. The Hall–Kier alpha value is -0.340. The van der Waals surface area contributed by atoms with E-state index >= 15 is 0 Å². The summed E-state index contributed by atoms with van der Waals surface area (Å²) in [5.41, 5.74) is 0. The highest BCUT2D eigenvalue weighted by Gasteiger charge is 2.23. The van der Waals surface area contributed by atoms with Crippen LogP contribution in [0.4, 0.5) is 0 Å². The zero-order valence-corrected chi connectivity index (χ0v) is 10.6. The summed E-state index contributed by atoms with van der Waals surface area (Å²) in [5, 5.41) is 3.40. The fourth-order valence-electron chi connectivity index (χ4n) is 2.53. The lowest BCUT2D eigenvalue weighted by atomic mass is 10.0. The minimum absolute atomic E-state index is 0.778. The Morgan fingerprint density at radius 1 is 1.33 bits per heavy atom. The Balaban J connectivity index is 1.87. The zero-order chi connectivity index (χ0) is 10.7. The van der Waals surface area contributed by atoms with E-state index < -0.39 is 0 Å². The lowest BCUT2D eigenvalue weighted by Gasteiger charge is -2.09. The van der Waals surface area contributed by atoms with Crippen molar-refractivity contribution in [2.75, 3.05) is 7.05 Å². The van der Waals surface area contributed by atoms with Crippen molar-refractivity contribution in [3.8, 4) is 0 Å². The third-order valence-corrected chi connectivity index (χ3v) is 4.76. The lowest BCUT2D eigenvalue weighted by Crippen LogP contribution is -2.21. The first-order valence-corrected chi connectivity index (χ1v) is 6.88. The molecular formula is C13H21NS. The molecule has 2 rings (SSSR count). The van der Waals surface area contributed by atoms with Crippen LogP contribution in [0.25, 0.3) is 0 Å². The predicted molar refractivity (Wildman–Crippen MR) is 67.6 cm³/mol. The van der Waals surface area contributed by atoms with Gasteiger partial charge in [0, 0.05) is 15.8 Å². The molecule has 1 aromatic heterocycles. The van der Waals surface area contributed by atoms with Crippen molar-refractivity contribution >= 4 is 11.3 Å². The Kier molecular flexibility index (Phi) is 3.81. The summed E-state index contributed by atoms with van der Waals surface area (Å²) in [6, 6.07) is 5.40. The first kappa shape index (κ1) is 11.2. The van der Waals surface area contributed by atoms with Crippen LogP contribution in [0.5, 0.6) is 0 Å². The molecule has 0 spiro atoms. The molecule has 15 heavy (non-hydrogen) atoms. The van der Waals surface area contributed by atoms with Gasteiger partial charge in [0.1, 0.15) is 0 Å². The molecule has 1 aliphatic rings. The quantitative estimate of drug-likeness (QED) is 0.826. The maximum absolute atomic E-state index is 3.40. The van der Waals surface area contributed by atoms with Crippen LogP contribution in [-0.2, 0) is 12.8 Å². The normalized spacial score (nSPS) is 26.0. The number of nitrogens with one attached hydrogen (secondary N) is 1. The van der Waals surface area contributed by atoms with Crippen LogP contribution < -0.4 is 5.32 Å². The van der Waals surface area contributed by atoms with Gasteiger partial charge in [-0.3, -0.25) is 0 Å². The van der Waals surface area contributed by atoms with Gasteiger partial charge >= 0.3 is 0 Å². The molecule has 0 aliphatic heterocycles. The van der Waals surface area contributed by atoms with Gasteiger partial charge in [0.25, 0.3) is 0 Å². The molecule has 0 saturated heterocycles. The highest BCUT2D eigenvalue weighted by molar-refractivity contribution is 7.11. The van der Waals surface area contributed by atoms with Gasteiger partial charge in [0.05, 0.1) is 0 Å².